The molecule has 1 unspecified atom stereocenters. The average molecular weight is 542 g/mol. The molecule has 0 radical (unpaired) electrons. The third kappa shape index (κ3) is 7.32. The fraction of sp³-hybridized carbons (Fsp3) is 0.500. The molecule has 1 aromatic carbocycles. The molecule has 192 valence electrons. The van der Waals surface area contributed by atoms with Crippen molar-refractivity contribution in [1.82, 2.24) is 20.1 Å². The van der Waals surface area contributed by atoms with Crippen LogP contribution in [0.3, 0.4) is 0 Å². The van der Waals surface area contributed by atoms with Gasteiger partial charge in [-0.3, -0.25) is 14.6 Å². The van der Waals surface area contributed by atoms with E-state index in [1.54, 1.807) is 6.20 Å². The number of hydrogen-bond donors (Lipinski definition) is 1. The van der Waals surface area contributed by atoms with Crippen LogP contribution in [-0.2, 0) is 16.1 Å². The molecule has 1 spiro atoms. The Bertz CT molecular complexity index is 951. The van der Waals surface area contributed by atoms with Crippen LogP contribution in [0, 0.1) is 5.41 Å². The van der Waals surface area contributed by atoms with Gasteiger partial charge < -0.3 is 15.1 Å². The number of carbonyl (C=O) groups is 2. The minimum atomic E-state index is -0.204. The Balaban J connectivity index is 0.00000216. The number of nitrogens with one attached hydrogen (secondary N) is 1. The minimum Gasteiger partial charge on any atom is -0.349 e. The molecule has 9 heteroatoms. The summed E-state index contributed by atoms with van der Waals surface area (Å²) in [6.07, 6.45) is 7.66. The fourth-order valence-electron chi connectivity index (χ4n) is 5.05. The van der Waals surface area contributed by atoms with Gasteiger partial charge in [-0.05, 0) is 68.1 Å². The van der Waals surface area contributed by atoms with Gasteiger partial charge in [-0.2, -0.15) is 0 Å². The molecule has 2 saturated heterocycles. The van der Waals surface area contributed by atoms with Gasteiger partial charge in [-0.15, -0.1) is 24.8 Å². The Morgan fingerprint density at radius 2 is 1.80 bits per heavy atom. The predicted molar refractivity (Wildman–Crippen MR) is 144 cm³/mol. The van der Waals surface area contributed by atoms with Gasteiger partial charge in [0.05, 0.1) is 11.5 Å². The minimum absolute atomic E-state index is 0. The van der Waals surface area contributed by atoms with Crippen molar-refractivity contribution in [2.75, 3.05) is 26.2 Å². The third-order valence-corrected chi connectivity index (χ3v) is 7.43. The number of rotatable bonds is 8. The van der Waals surface area contributed by atoms with Crippen LogP contribution in [-0.4, -0.2) is 52.8 Å². The zero-order chi connectivity index (χ0) is 23.3. The average Bonchev–Trinajstić information content (AvgIpc) is 3.13. The monoisotopic (exact) mass is 540 g/mol. The topological polar surface area (TPSA) is 65.5 Å². The van der Waals surface area contributed by atoms with Crippen molar-refractivity contribution in [3.8, 4) is 0 Å². The smallest absolute Gasteiger partial charge is 0.229 e. The number of pyridine rings is 1. The Kier molecular flexibility index (Phi) is 11.3. The van der Waals surface area contributed by atoms with E-state index >= 15 is 0 Å². The van der Waals surface area contributed by atoms with Gasteiger partial charge in [-0.25, -0.2) is 0 Å². The molecule has 4 rings (SSSR count). The molecule has 1 atom stereocenters. The van der Waals surface area contributed by atoms with Gasteiger partial charge in [-0.1, -0.05) is 36.7 Å². The van der Waals surface area contributed by atoms with Crippen LogP contribution in [0.4, 0.5) is 0 Å². The summed E-state index contributed by atoms with van der Waals surface area (Å²) in [6, 6.07) is 11.6. The van der Waals surface area contributed by atoms with E-state index in [1.165, 1.54) is 0 Å². The van der Waals surface area contributed by atoms with Crippen molar-refractivity contribution in [2.45, 2.75) is 51.6 Å². The molecule has 2 aromatic rings. The van der Waals surface area contributed by atoms with Gasteiger partial charge >= 0.3 is 0 Å². The fourth-order valence-corrected chi connectivity index (χ4v) is 5.18. The van der Waals surface area contributed by atoms with Crippen molar-refractivity contribution in [1.29, 1.82) is 0 Å². The van der Waals surface area contributed by atoms with E-state index < -0.39 is 0 Å². The van der Waals surface area contributed by atoms with Crippen LogP contribution < -0.4 is 5.32 Å². The molecular weight excluding hydrogens is 507 g/mol. The van der Waals surface area contributed by atoms with Crippen LogP contribution in [0.15, 0.2) is 48.8 Å². The number of carbonyl (C=O) groups excluding carboxylic acids is 2. The van der Waals surface area contributed by atoms with Crippen LogP contribution in [0.1, 0.15) is 56.2 Å². The highest BCUT2D eigenvalue weighted by atomic mass is 35.5. The first-order valence-corrected chi connectivity index (χ1v) is 12.3. The van der Waals surface area contributed by atoms with Crippen molar-refractivity contribution in [3.63, 3.8) is 0 Å². The summed E-state index contributed by atoms with van der Waals surface area (Å²) in [5.74, 6) is 0.359. The van der Waals surface area contributed by atoms with Crippen molar-refractivity contribution in [3.05, 3.63) is 64.9 Å². The summed E-state index contributed by atoms with van der Waals surface area (Å²) in [6.45, 7) is 6.08. The van der Waals surface area contributed by atoms with Gasteiger partial charge in [0, 0.05) is 43.5 Å². The number of likely N-dealkylation sites (tertiary alicyclic amines) is 2. The molecule has 2 amide bonds. The maximum atomic E-state index is 13.3. The SMILES string of the molecule is CCC(=O)NC(CCN1CCC2(CC1)CCN(Cc1cccnc1)C2=O)c1ccc(Cl)cc1.Cl.Cl. The molecule has 2 aliphatic rings. The van der Waals surface area contributed by atoms with Crippen LogP contribution in [0.5, 0.6) is 0 Å². The molecule has 1 N–H and O–H groups in total. The summed E-state index contributed by atoms with van der Waals surface area (Å²) >= 11 is 6.05. The number of benzene rings is 1. The summed E-state index contributed by atoms with van der Waals surface area (Å²) in [7, 11) is 0. The quantitative estimate of drug-likeness (QED) is 0.508. The molecule has 6 nitrogen and oxygen atoms in total. The summed E-state index contributed by atoms with van der Waals surface area (Å²) in [4.78, 5) is 33.9. The lowest BCUT2D eigenvalue weighted by molar-refractivity contribution is -0.139. The number of piperidine rings is 1. The van der Waals surface area contributed by atoms with Gasteiger partial charge in [0.15, 0.2) is 0 Å². The lowest BCUT2D eigenvalue weighted by Crippen LogP contribution is -2.45. The maximum absolute atomic E-state index is 13.3. The summed E-state index contributed by atoms with van der Waals surface area (Å²) in [5.41, 5.74) is 1.96. The van der Waals surface area contributed by atoms with E-state index in [4.69, 9.17) is 11.6 Å². The Morgan fingerprint density at radius 3 is 2.43 bits per heavy atom. The van der Waals surface area contributed by atoms with Crippen LogP contribution in [0.25, 0.3) is 0 Å². The normalized spacial score (nSPS) is 18.0. The van der Waals surface area contributed by atoms with Crippen molar-refractivity contribution < 1.29 is 9.59 Å². The molecule has 0 bridgehead atoms. The highest BCUT2D eigenvalue weighted by molar-refractivity contribution is 6.30. The van der Waals surface area contributed by atoms with E-state index in [2.05, 4.69) is 15.2 Å². The predicted octanol–water partition coefficient (Wildman–Crippen LogP) is 5.05. The Morgan fingerprint density at radius 1 is 1.11 bits per heavy atom. The highest BCUT2D eigenvalue weighted by Gasteiger charge is 2.47. The number of halogens is 3. The lowest BCUT2D eigenvalue weighted by atomic mass is 9.77. The van der Waals surface area contributed by atoms with E-state index in [1.807, 2.05) is 54.4 Å². The van der Waals surface area contributed by atoms with E-state index in [0.29, 0.717) is 23.9 Å². The van der Waals surface area contributed by atoms with E-state index in [9.17, 15) is 9.59 Å². The first-order chi connectivity index (χ1) is 16.0. The van der Waals surface area contributed by atoms with Crippen molar-refractivity contribution in [2.24, 2.45) is 5.41 Å². The molecule has 1 aromatic heterocycles. The second kappa shape index (κ2) is 13.4. The molecule has 35 heavy (non-hydrogen) atoms. The van der Waals surface area contributed by atoms with Gasteiger partial charge in [0.25, 0.3) is 0 Å². The molecule has 3 heterocycles. The number of hydrogen-bond acceptors (Lipinski definition) is 4. The zero-order valence-electron chi connectivity index (χ0n) is 20.1. The van der Waals surface area contributed by atoms with Crippen molar-refractivity contribution >= 4 is 48.2 Å². The Hall–Kier alpha value is -1.86. The lowest BCUT2D eigenvalue weighted by Gasteiger charge is -2.38. The molecule has 2 fully saturated rings. The largest absolute Gasteiger partial charge is 0.349 e. The standard InChI is InChI=1S/C26H33ClN4O2.2ClH/c1-2-24(32)29-23(21-5-7-22(27)8-6-21)9-14-30-15-10-26(11-16-30)12-17-31(25(26)33)19-20-4-3-13-28-18-20;;/h3-8,13,18,23H,2,9-12,14-17,19H2,1H3,(H,29,32);2*1H. The first kappa shape index (κ1) is 29.4. The van der Waals surface area contributed by atoms with E-state index in [0.717, 1.165) is 63.0 Å². The summed E-state index contributed by atoms with van der Waals surface area (Å²) < 4.78 is 0. The Labute approximate surface area is 225 Å². The van der Waals surface area contributed by atoms with Crippen LogP contribution in [0.2, 0.25) is 5.02 Å². The van der Waals surface area contributed by atoms with E-state index in [-0.39, 0.29) is 42.2 Å². The maximum Gasteiger partial charge on any atom is 0.229 e. The summed E-state index contributed by atoms with van der Waals surface area (Å²) in [5, 5.41) is 3.85. The number of aromatic nitrogens is 1. The second-order valence-corrected chi connectivity index (χ2v) is 9.71. The molecular formula is C26H35Cl3N4O2. The highest BCUT2D eigenvalue weighted by Crippen LogP contribution is 2.42. The molecule has 2 aliphatic heterocycles. The molecule has 0 aliphatic carbocycles. The van der Waals surface area contributed by atoms with Gasteiger partial charge in [0.1, 0.15) is 0 Å². The zero-order valence-corrected chi connectivity index (χ0v) is 22.5. The third-order valence-electron chi connectivity index (χ3n) is 7.17. The second-order valence-electron chi connectivity index (χ2n) is 9.27. The first-order valence-electron chi connectivity index (χ1n) is 11.9. The molecule has 0 saturated carbocycles. The number of amides is 2. The van der Waals surface area contributed by atoms with Gasteiger partial charge in [0.2, 0.25) is 11.8 Å². The number of nitrogens with zero attached hydrogens (tertiary/aromatic N) is 3. The van der Waals surface area contributed by atoms with Crippen LogP contribution >= 0.6 is 36.4 Å².